The Morgan fingerprint density at radius 1 is 1.32 bits per heavy atom. The average Bonchev–Trinajstić information content (AvgIpc) is 2.34. The van der Waals surface area contributed by atoms with E-state index in [1.807, 2.05) is 0 Å². The lowest BCUT2D eigenvalue weighted by Crippen LogP contribution is -2.56. The topological polar surface area (TPSA) is 43.8 Å². The van der Waals surface area contributed by atoms with E-state index in [1.165, 1.54) is 5.56 Å². The number of aryl methyl sites for hydroxylation is 1. The van der Waals surface area contributed by atoms with Gasteiger partial charge in [0.1, 0.15) is 0 Å². The molecule has 0 aromatic heterocycles. The van der Waals surface area contributed by atoms with Crippen molar-refractivity contribution in [3.63, 3.8) is 0 Å². The van der Waals surface area contributed by atoms with Gasteiger partial charge in [0.05, 0.1) is 12.5 Å². The molecule has 0 spiro atoms. The lowest BCUT2D eigenvalue weighted by atomic mass is 10.0. The third kappa shape index (κ3) is 3.26. The molecular weight excluding hydrogens is 240 g/mol. The second-order valence-corrected chi connectivity index (χ2v) is 5.53. The predicted octanol–water partition coefficient (Wildman–Crippen LogP) is 1.98. The monoisotopic (exact) mass is 262 g/mol. The Kier molecular flexibility index (Phi) is 4.10. The summed E-state index contributed by atoms with van der Waals surface area (Å²) < 4.78 is 0. The fourth-order valence-corrected chi connectivity index (χ4v) is 2.61. The highest BCUT2D eigenvalue weighted by molar-refractivity contribution is 5.69. The summed E-state index contributed by atoms with van der Waals surface area (Å²) in [6, 6.07) is 8.81. The van der Waals surface area contributed by atoms with Crippen LogP contribution in [-0.2, 0) is 4.79 Å². The number of benzene rings is 1. The number of carboxylic acids is 1. The van der Waals surface area contributed by atoms with Crippen molar-refractivity contribution in [1.29, 1.82) is 0 Å². The minimum Gasteiger partial charge on any atom is -0.481 e. The van der Waals surface area contributed by atoms with Gasteiger partial charge in [0, 0.05) is 24.8 Å². The van der Waals surface area contributed by atoms with Gasteiger partial charge in [0.25, 0.3) is 0 Å². The highest BCUT2D eigenvalue weighted by Gasteiger charge is 2.31. The molecule has 2 unspecified atom stereocenters. The van der Waals surface area contributed by atoms with Gasteiger partial charge in [-0.25, -0.2) is 0 Å². The minimum absolute atomic E-state index is 0.0430. The van der Waals surface area contributed by atoms with Crippen molar-refractivity contribution < 1.29 is 9.90 Å². The molecule has 1 aliphatic heterocycles. The Morgan fingerprint density at radius 2 is 1.95 bits per heavy atom. The van der Waals surface area contributed by atoms with Crippen LogP contribution in [0.4, 0.5) is 5.69 Å². The van der Waals surface area contributed by atoms with Gasteiger partial charge >= 0.3 is 5.97 Å². The molecule has 1 aliphatic rings. The van der Waals surface area contributed by atoms with Gasteiger partial charge in [0.2, 0.25) is 0 Å². The molecule has 0 saturated carbocycles. The molecule has 19 heavy (non-hydrogen) atoms. The summed E-state index contributed by atoms with van der Waals surface area (Å²) >= 11 is 0. The first-order chi connectivity index (χ1) is 8.97. The molecule has 0 radical (unpaired) electrons. The summed E-state index contributed by atoms with van der Waals surface area (Å²) in [6.45, 7) is 5.90. The van der Waals surface area contributed by atoms with E-state index >= 15 is 0 Å². The van der Waals surface area contributed by atoms with Crippen LogP contribution in [0.3, 0.4) is 0 Å². The van der Waals surface area contributed by atoms with Crippen molar-refractivity contribution in [2.24, 2.45) is 0 Å². The summed E-state index contributed by atoms with van der Waals surface area (Å²) in [7, 11) is 2.06. The molecule has 1 heterocycles. The van der Waals surface area contributed by atoms with E-state index < -0.39 is 5.97 Å². The van der Waals surface area contributed by atoms with Crippen LogP contribution in [-0.4, -0.2) is 48.2 Å². The van der Waals surface area contributed by atoms with Gasteiger partial charge in [-0.15, -0.1) is 0 Å². The quantitative estimate of drug-likeness (QED) is 0.904. The fraction of sp³-hybridized carbons (Fsp3) is 0.533. The number of likely N-dealkylation sites (N-methyl/N-ethyl adjacent to an activating group) is 1. The summed E-state index contributed by atoms with van der Waals surface area (Å²) in [5.74, 6) is -0.731. The second-order valence-electron chi connectivity index (χ2n) is 5.53. The second kappa shape index (κ2) is 5.61. The van der Waals surface area contributed by atoms with Gasteiger partial charge in [-0.2, -0.15) is 0 Å². The summed E-state index contributed by atoms with van der Waals surface area (Å²) in [5, 5.41) is 9.08. The number of carbonyl (C=O) groups is 1. The molecular formula is C15H22N2O2. The molecule has 2 rings (SSSR count). The maximum absolute atomic E-state index is 11.0. The number of hydrogen-bond acceptors (Lipinski definition) is 3. The van der Waals surface area contributed by atoms with E-state index in [0.717, 1.165) is 18.8 Å². The molecule has 1 saturated heterocycles. The highest BCUT2D eigenvalue weighted by Crippen LogP contribution is 2.24. The van der Waals surface area contributed by atoms with Crippen molar-refractivity contribution in [3.8, 4) is 0 Å². The van der Waals surface area contributed by atoms with E-state index in [-0.39, 0.29) is 12.5 Å². The van der Waals surface area contributed by atoms with Crippen LogP contribution in [0.5, 0.6) is 0 Å². The van der Waals surface area contributed by atoms with E-state index in [2.05, 4.69) is 55.0 Å². The molecule has 1 aromatic carbocycles. The molecule has 0 bridgehead atoms. The normalized spacial score (nSPS) is 24.5. The van der Waals surface area contributed by atoms with Crippen molar-refractivity contribution in [2.75, 3.05) is 25.0 Å². The molecule has 1 fully saturated rings. The zero-order chi connectivity index (χ0) is 14.0. The molecule has 104 valence electrons. The zero-order valence-electron chi connectivity index (χ0n) is 11.8. The molecule has 1 aromatic rings. The van der Waals surface area contributed by atoms with Crippen molar-refractivity contribution >= 4 is 11.7 Å². The number of hydrogen-bond donors (Lipinski definition) is 1. The maximum Gasteiger partial charge on any atom is 0.305 e. The Hall–Kier alpha value is -1.55. The maximum atomic E-state index is 11.0. The molecule has 4 heteroatoms. The van der Waals surface area contributed by atoms with E-state index in [0.29, 0.717) is 6.04 Å². The first-order valence-electron chi connectivity index (χ1n) is 6.72. The lowest BCUT2D eigenvalue weighted by Gasteiger charge is -2.44. The predicted molar refractivity (Wildman–Crippen MR) is 76.7 cm³/mol. The molecule has 0 amide bonds. The van der Waals surface area contributed by atoms with E-state index in [1.54, 1.807) is 0 Å². The van der Waals surface area contributed by atoms with Gasteiger partial charge in [-0.05, 0) is 33.0 Å². The summed E-state index contributed by atoms with van der Waals surface area (Å²) in [6.07, 6.45) is 0.185. The largest absolute Gasteiger partial charge is 0.481 e. The molecule has 4 nitrogen and oxygen atoms in total. The third-order valence-corrected chi connectivity index (χ3v) is 3.93. The number of nitrogens with zero attached hydrogens (tertiary/aromatic N) is 2. The Labute approximate surface area is 114 Å². The lowest BCUT2D eigenvalue weighted by molar-refractivity contribution is -0.137. The first-order valence-corrected chi connectivity index (χ1v) is 6.72. The van der Waals surface area contributed by atoms with Crippen molar-refractivity contribution in [2.45, 2.75) is 32.4 Å². The Bertz CT molecular complexity index is 444. The fourth-order valence-electron chi connectivity index (χ4n) is 2.61. The van der Waals surface area contributed by atoms with Crippen LogP contribution in [0.15, 0.2) is 24.3 Å². The Morgan fingerprint density at radius 3 is 2.53 bits per heavy atom. The molecule has 2 atom stereocenters. The van der Waals surface area contributed by atoms with Crippen LogP contribution in [0.25, 0.3) is 0 Å². The smallest absolute Gasteiger partial charge is 0.305 e. The van der Waals surface area contributed by atoms with Crippen LogP contribution in [0.2, 0.25) is 0 Å². The summed E-state index contributed by atoms with van der Waals surface area (Å²) in [4.78, 5) is 15.5. The van der Waals surface area contributed by atoms with E-state index in [4.69, 9.17) is 5.11 Å². The van der Waals surface area contributed by atoms with Crippen molar-refractivity contribution in [1.82, 2.24) is 4.90 Å². The number of piperazine rings is 1. The van der Waals surface area contributed by atoms with Crippen molar-refractivity contribution in [3.05, 3.63) is 29.8 Å². The average molecular weight is 262 g/mol. The highest BCUT2D eigenvalue weighted by atomic mass is 16.4. The van der Waals surface area contributed by atoms with Gasteiger partial charge in [-0.1, -0.05) is 17.7 Å². The number of rotatable bonds is 3. The van der Waals surface area contributed by atoms with Crippen LogP contribution in [0, 0.1) is 6.92 Å². The van der Waals surface area contributed by atoms with Gasteiger partial charge in [-0.3, -0.25) is 9.69 Å². The first kappa shape index (κ1) is 13.9. The summed E-state index contributed by atoms with van der Waals surface area (Å²) in [5.41, 5.74) is 2.34. The van der Waals surface area contributed by atoms with Crippen LogP contribution < -0.4 is 4.90 Å². The van der Waals surface area contributed by atoms with Crippen LogP contribution in [0.1, 0.15) is 18.9 Å². The SMILES string of the molecule is Cc1ccc(N2CC(C)N(C)CC2CC(=O)O)cc1. The molecule has 0 aliphatic carbocycles. The van der Waals surface area contributed by atoms with Gasteiger partial charge in [0.15, 0.2) is 0 Å². The number of aliphatic carboxylic acids is 1. The van der Waals surface area contributed by atoms with E-state index in [9.17, 15) is 4.79 Å². The number of carboxylic acid groups (broad SMARTS) is 1. The number of anilines is 1. The standard InChI is InChI=1S/C15H22N2O2/c1-11-4-6-13(7-5-11)17-9-12(2)16(3)10-14(17)8-15(18)19/h4-7,12,14H,8-10H2,1-3H3,(H,18,19). The Balaban J connectivity index is 2.22. The third-order valence-electron chi connectivity index (χ3n) is 3.93. The van der Waals surface area contributed by atoms with Gasteiger partial charge < -0.3 is 10.0 Å². The molecule has 1 N–H and O–H groups in total. The minimum atomic E-state index is -0.731. The van der Waals surface area contributed by atoms with Crippen LogP contribution >= 0.6 is 0 Å². The zero-order valence-corrected chi connectivity index (χ0v) is 11.8.